The van der Waals surface area contributed by atoms with Crippen molar-refractivity contribution in [2.24, 2.45) is 17.6 Å². The van der Waals surface area contributed by atoms with Gasteiger partial charge in [0.25, 0.3) is 6.43 Å². The molecule has 2 heterocycles. The Bertz CT molecular complexity index is 627. The van der Waals surface area contributed by atoms with Crippen LogP contribution in [-0.2, 0) is 9.31 Å². The number of rotatable bonds is 8. The quantitative estimate of drug-likeness (QED) is 0.697. The van der Waals surface area contributed by atoms with E-state index in [1.807, 2.05) is 34.6 Å². The molecule has 0 aliphatic carbocycles. The molecule has 0 bridgehead atoms. The second-order valence-corrected chi connectivity index (χ2v) is 8.54. The smallest absolute Gasteiger partial charge is 0.477 e. The fourth-order valence-electron chi connectivity index (χ4n) is 2.94. The van der Waals surface area contributed by atoms with Gasteiger partial charge in [0.1, 0.15) is 0 Å². The third kappa shape index (κ3) is 5.18. The summed E-state index contributed by atoms with van der Waals surface area (Å²) in [5.41, 5.74) is 4.74. The zero-order valence-electron chi connectivity index (χ0n) is 17.1. The lowest BCUT2D eigenvalue weighted by molar-refractivity contribution is 0.00578. The zero-order chi connectivity index (χ0) is 20.4. The van der Waals surface area contributed by atoms with Gasteiger partial charge in [-0.25, -0.2) is 13.8 Å². The Labute approximate surface area is 161 Å². The van der Waals surface area contributed by atoms with Crippen molar-refractivity contribution >= 4 is 12.6 Å². The van der Waals surface area contributed by atoms with Gasteiger partial charge < -0.3 is 19.8 Å². The molecule has 0 aromatic carbocycles. The Morgan fingerprint density at radius 2 is 1.74 bits per heavy atom. The maximum absolute atomic E-state index is 13.6. The molecule has 1 saturated heterocycles. The van der Waals surface area contributed by atoms with Crippen LogP contribution in [0.2, 0.25) is 0 Å². The van der Waals surface area contributed by atoms with Crippen LogP contribution in [0.15, 0.2) is 12.3 Å². The van der Waals surface area contributed by atoms with Crippen LogP contribution in [0, 0.1) is 11.8 Å². The van der Waals surface area contributed by atoms with Crippen molar-refractivity contribution in [3.05, 3.63) is 17.8 Å². The van der Waals surface area contributed by atoms with E-state index in [2.05, 4.69) is 11.9 Å². The average Bonchev–Trinajstić information content (AvgIpc) is 2.80. The predicted molar refractivity (Wildman–Crippen MR) is 102 cm³/mol. The lowest BCUT2D eigenvalue weighted by atomic mass is 9.79. The van der Waals surface area contributed by atoms with E-state index >= 15 is 0 Å². The van der Waals surface area contributed by atoms with Gasteiger partial charge in [-0.3, -0.25) is 0 Å². The highest BCUT2D eigenvalue weighted by molar-refractivity contribution is 6.62. The van der Waals surface area contributed by atoms with E-state index in [0.29, 0.717) is 24.5 Å². The van der Waals surface area contributed by atoms with E-state index in [-0.39, 0.29) is 17.4 Å². The monoisotopic (exact) mass is 384 g/mol. The number of alkyl halides is 2. The first-order chi connectivity index (χ1) is 12.5. The summed E-state index contributed by atoms with van der Waals surface area (Å²) in [5.74, 6) is 0.507. The highest BCUT2D eigenvalue weighted by Gasteiger charge is 2.52. The van der Waals surface area contributed by atoms with E-state index < -0.39 is 24.7 Å². The summed E-state index contributed by atoms with van der Waals surface area (Å²) in [6.07, 6.45) is -0.351. The van der Waals surface area contributed by atoms with Crippen molar-refractivity contribution in [1.29, 1.82) is 0 Å². The highest BCUT2D eigenvalue weighted by atomic mass is 19.3. The van der Waals surface area contributed by atoms with Crippen LogP contribution in [-0.4, -0.2) is 36.5 Å². The number of aromatic nitrogens is 1. The Hall–Kier alpha value is -1.25. The van der Waals surface area contributed by atoms with Crippen LogP contribution in [0.25, 0.3) is 0 Å². The zero-order valence-corrected chi connectivity index (χ0v) is 17.1. The van der Waals surface area contributed by atoms with Gasteiger partial charge in [0.05, 0.1) is 23.4 Å². The van der Waals surface area contributed by atoms with Gasteiger partial charge in [-0.1, -0.05) is 13.8 Å². The Morgan fingerprint density at radius 1 is 1.15 bits per heavy atom. The number of nitrogens with zero attached hydrogens (tertiary/aromatic N) is 1. The molecule has 8 heteroatoms. The van der Waals surface area contributed by atoms with Crippen LogP contribution in [0.1, 0.15) is 60.0 Å². The lowest BCUT2D eigenvalue weighted by Crippen LogP contribution is -2.41. The van der Waals surface area contributed by atoms with E-state index in [0.717, 1.165) is 6.42 Å². The number of halogens is 2. The number of ether oxygens (including phenoxy) is 1. The number of pyridine rings is 1. The van der Waals surface area contributed by atoms with Crippen LogP contribution >= 0.6 is 0 Å². The first-order valence-corrected chi connectivity index (χ1v) is 9.43. The van der Waals surface area contributed by atoms with E-state index in [4.69, 9.17) is 19.8 Å². The molecule has 152 valence electrons. The molecule has 5 nitrogen and oxygen atoms in total. The first kappa shape index (κ1) is 22.0. The van der Waals surface area contributed by atoms with Gasteiger partial charge in [-0.2, -0.15) is 0 Å². The SMILES string of the molecule is CC(CN)CC(C)COc1ncc(B2OC(C)(C)C(C)(C)O2)cc1C(F)F. The molecule has 0 saturated carbocycles. The lowest BCUT2D eigenvalue weighted by Gasteiger charge is -2.32. The van der Waals surface area contributed by atoms with Crippen LogP contribution in [0.3, 0.4) is 0 Å². The summed E-state index contributed by atoms with van der Waals surface area (Å²) in [4.78, 5) is 4.12. The Balaban J connectivity index is 2.13. The third-order valence-corrected chi connectivity index (χ3v) is 5.37. The molecule has 0 amide bonds. The molecule has 1 aromatic rings. The van der Waals surface area contributed by atoms with Crippen LogP contribution in [0.4, 0.5) is 8.78 Å². The van der Waals surface area contributed by atoms with Gasteiger partial charge in [0, 0.05) is 11.7 Å². The number of nitrogens with two attached hydrogens (primary N) is 1. The summed E-state index contributed by atoms with van der Waals surface area (Å²) in [5, 5.41) is 0. The summed E-state index contributed by atoms with van der Waals surface area (Å²) in [6.45, 7) is 12.6. The van der Waals surface area contributed by atoms with E-state index in [1.54, 1.807) is 0 Å². The molecule has 2 N–H and O–H groups in total. The maximum Gasteiger partial charge on any atom is 0.496 e. The second-order valence-electron chi connectivity index (χ2n) is 8.54. The second kappa shape index (κ2) is 8.41. The van der Waals surface area contributed by atoms with Crippen LogP contribution in [0.5, 0.6) is 5.88 Å². The minimum Gasteiger partial charge on any atom is -0.477 e. The fraction of sp³-hybridized carbons (Fsp3) is 0.737. The van der Waals surface area contributed by atoms with Crippen LogP contribution < -0.4 is 15.9 Å². The van der Waals surface area contributed by atoms with Crippen molar-refractivity contribution in [2.45, 2.75) is 65.6 Å². The Kier molecular flexibility index (Phi) is 6.87. The summed E-state index contributed by atoms with van der Waals surface area (Å²) >= 11 is 0. The summed E-state index contributed by atoms with van der Waals surface area (Å²) < 4.78 is 44.6. The molecule has 1 aromatic heterocycles. The molecule has 2 unspecified atom stereocenters. The molecule has 2 rings (SSSR count). The van der Waals surface area contributed by atoms with E-state index in [9.17, 15) is 8.78 Å². The molecule has 0 radical (unpaired) electrons. The molecular weight excluding hydrogens is 353 g/mol. The van der Waals surface area contributed by atoms with Crippen molar-refractivity contribution < 1.29 is 22.8 Å². The normalized spacial score (nSPS) is 20.7. The van der Waals surface area contributed by atoms with Crippen molar-refractivity contribution in [3.63, 3.8) is 0 Å². The molecular formula is C19H31BF2N2O3. The van der Waals surface area contributed by atoms with Gasteiger partial charge >= 0.3 is 7.12 Å². The van der Waals surface area contributed by atoms with Crippen molar-refractivity contribution in [2.75, 3.05) is 13.2 Å². The highest BCUT2D eigenvalue weighted by Crippen LogP contribution is 2.37. The van der Waals surface area contributed by atoms with E-state index in [1.165, 1.54) is 12.3 Å². The van der Waals surface area contributed by atoms with Gasteiger partial charge in [0.2, 0.25) is 5.88 Å². The molecule has 1 fully saturated rings. The fourth-order valence-corrected chi connectivity index (χ4v) is 2.94. The maximum atomic E-state index is 13.6. The summed E-state index contributed by atoms with van der Waals surface area (Å²) in [6, 6.07) is 1.36. The minimum absolute atomic E-state index is 0.0440. The largest absolute Gasteiger partial charge is 0.496 e. The molecule has 27 heavy (non-hydrogen) atoms. The first-order valence-electron chi connectivity index (χ1n) is 9.43. The topological polar surface area (TPSA) is 66.6 Å². The van der Waals surface area contributed by atoms with Gasteiger partial charge in [0.15, 0.2) is 0 Å². The molecule has 1 aliphatic heterocycles. The molecule has 0 spiro atoms. The summed E-state index contributed by atoms with van der Waals surface area (Å²) in [7, 11) is -0.738. The number of hydrogen-bond acceptors (Lipinski definition) is 5. The molecule has 1 aliphatic rings. The standard InChI is InChI=1S/C19H31BF2N2O3/c1-12(9-23)7-13(2)11-25-17-15(16(21)22)8-14(10-24-17)20-26-18(3,4)19(5,6)27-20/h8,10,12-13,16H,7,9,11,23H2,1-6H3. The van der Waals surface area contributed by atoms with Gasteiger partial charge in [-0.15, -0.1) is 0 Å². The predicted octanol–water partition coefficient (Wildman–Crippen LogP) is 3.32. The van der Waals surface area contributed by atoms with Crippen molar-refractivity contribution in [1.82, 2.24) is 4.98 Å². The number of hydrogen-bond donors (Lipinski definition) is 1. The average molecular weight is 384 g/mol. The van der Waals surface area contributed by atoms with Crippen molar-refractivity contribution in [3.8, 4) is 5.88 Å². The Morgan fingerprint density at radius 3 is 2.26 bits per heavy atom. The third-order valence-electron chi connectivity index (χ3n) is 5.37. The van der Waals surface area contributed by atoms with Gasteiger partial charge in [-0.05, 0) is 58.6 Å². The minimum atomic E-state index is -2.70. The molecule has 2 atom stereocenters.